The lowest BCUT2D eigenvalue weighted by Gasteiger charge is -2.26. The molecule has 0 unspecified atom stereocenters. The first kappa shape index (κ1) is 21.2. The standard InChI is InChI=1S/C26H34INO/c1-3-26(28)13-12-23(17-26)21-9-8-19-14-18(4-6-20(19)15-21)5-7-22-16-24(27)10-11-25(22)29-2/h8-11,15-16,18,23H,3-7,12-14,17,28H2,1-2H3/t18-,23-,26+/m0/s1. The Bertz CT molecular complexity index is 864. The molecule has 29 heavy (non-hydrogen) atoms. The molecule has 0 saturated heterocycles. The van der Waals surface area contributed by atoms with Gasteiger partial charge >= 0.3 is 0 Å². The second-order valence-electron chi connectivity index (χ2n) is 9.29. The number of halogens is 1. The predicted octanol–water partition coefficient (Wildman–Crippen LogP) is 6.41. The van der Waals surface area contributed by atoms with Crippen molar-refractivity contribution in [1.82, 2.24) is 0 Å². The van der Waals surface area contributed by atoms with Crippen molar-refractivity contribution in [2.45, 2.75) is 76.2 Å². The first-order valence-electron chi connectivity index (χ1n) is 11.2. The average molecular weight is 503 g/mol. The van der Waals surface area contributed by atoms with Crippen molar-refractivity contribution in [3.05, 3.63) is 62.2 Å². The summed E-state index contributed by atoms with van der Waals surface area (Å²) in [5, 5.41) is 0. The smallest absolute Gasteiger partial charge is 0.122 e. The van der Waals surface area contributed by atoms with Crippen LogP contribution in [0, 0.1) is 9.49 Å². The maximum absolute atomic E-state index is 6.54. The minimum Gasteiger partial charge on any atom is -0.496 e. The van der Waals surface area contributed by atoms with E-state index in [4.69, 9.17) is 10.5 Å². The fourth-order valence-electron chi connectivity index (χ4n) is 5.42. The fraction of sp³-hybridized carbons (Fsp3) is 0.538. The monoisotopic (exact) mass is 503 g/mol. The number of hydrogen-bond acceptors (Lipinski definition) is 2. The SMILES string of the molecule is CC[C@@]1(N)CC[C@H](c2ccc3c(c2)CC[C@@H](CCc2cc(I)ccc2OC)C3)C1. The molecule has 2 N–H and O–H groups in total. The Hall–Kier alpha value is -1.07. The highest BCUT2D eigenvalue weighted by atomic mass is 127. The van der Waals surface area contributed by atoms with Crippen molar-refractivity contribution in [2.75, 3.05) is 7.11 Å². The zero-order valence-corrected chi connectivity index (χ0v) is 20.0. The van der Waals surface area contributed by atoms with Gasteiger partial charge in [0, 0.05) is 9.11 Å². The van der Waals surface area contributed by atoms with E-state index in [9.17, 15) is 0 Å². The maximum atomic E-state index is 6.54. The summed E-state index contributed by atoms with van der Waals surface area (Å²) in [6, 6.07) is 13.8. The second-order valence-corrected chi connectivity index (χ2v) is 10.5. The van der Waals surface area contributed by atoms with E-state index in [0.717, 1.165) is 30.9 Å². The summed E-state index contributed by atoms with van der Waals surface area (Å²) in [6.07, 6.45) is 10.8. The molecule has 2 aromatic rings. The number of methoxy groups -OCH3 is 1. The first-order chi connectivity index (χ1) is 14.0. The Morgan fingerprint density at radius 2 is 2.00 bits per heavy atom. The lowest BCUT2D eigenvalue weighted by Crippen LogP contribution is -2.35. The third-order valence-electron chi connectivity index (χ3n) is 7.44. The van der Waals surface area contributed by atoms with Crippen molar-refractivity contribution >= 4 is 22.6 Å². The molecule has 0 aromatic heterocycles. The van der Waals surface area contributed by atoms with Gasteiger partial charge in [-0.15, -0.1) is 0 Å². The van der Waals surface area contributed by atoms with Gasteiger partial charge in [-0.05, 0) is 133 Å². The van der Waals surface area contributed by atoms with E-state index >= 15 is 0 Å². The van der Waals surface area contributed by atoms with Crippen molar-refractivity contribution in [3.63, 3.8) is 0 Å². The van der Waals surface area contributed by atoms with Crippen molar-refractivity contribution in [2.24, 2.45) is 11.7 Å². The number of nitrogens with two attached hydrogens (primary N) is 1. The number of benzene rings is 2. The minimum atomic E-state index is 0.0714. The van der Waals surface area contributed by atoms with Gasteiger partial charge in [0.25, 0.3) is 0 Å². The topological polar surface area (TPSA) is 35.2 Å². The molecule has 0 spiro atoms. The molecule has 156 valence electrons. The van der Waals surface area contributed by atoms with Gasteiger partial charge in [-0.2, -0.15) is 0 Å². The highest BCUT2D eigenvalue weighted by Crippen LogP contribution is 2.42. The molecule has 3 atom stereocenters. The first-order valence-corrected chi connectivity index (χ1v) is 12.3. The summed E-state index contributed by atoms with van der Waals surface area (Å²) in [4.78, 5) is 0. The Morgan fingerprint density at radius 3 is 2.76 bits per heavy atom. The Labute approximate surface area is 189 Å². The molecule has 0 bridgehead atoms. The Balaban J connectivity index is 1.39. The van der Waals surface area contributed by atoms with Crippen LogP contribution in [-0.4, -0.2) is 12.6 Å². The maximum Gasteiger partial charge on any atom is 0.122 e. The van der Waals surface area contributed by atoms with Gasteiger partial charge in [0.15, 0.2) is 0 Å². The van der Waals surface area contributed by atoms with Gasteiger partial charge in [-0.1, -0.05) is 25.1 Å². The van der Waals surface area contributed by atoms with Crippen LogP contribution in [0.5, 0.6) is 5.75 Å². The van der Waals surface area contributed by atoms with Crippen LogP contribution < -0.4 is 10.5 Å². The summed E-state index contributed by atoms with van der Waals surface area (Å²) >= 11 is 2.39. The van der Waals surface area contributed by atoms with Gasteiger partial charge in [0.05, 0.1) is 7.11 Å². The zero-order chi connectivity index (χ0) is 20.4. The van der Waals surface area contributed by atoms with E-state index in [0.29, 0.717) is 5.92 Å². The number of ether oxygens (including phenoxy) is 1. The lowest BCUT2D eigenvalue weighted by molar-refractivity contribution is 0.398. The zero-order valence-electron chi connectivity index (χ0n) is 17.8. The van der Waals surface area contributed by atoms with E-state index in [1.807, 2.05) is 0 Å². The van der Waals surface area contributed by atoms with Crippen LogP contribution in [0.4, 0.5) is 0 Å². The largest absolute Gasteiger partial charge is 0.496 e. The summed E-state index contributed by atoms with van der Waals surface area (Å²) in [7, 11) is 1.78. The second kappa shape index (κ2) is 8.97. The van der Waals surface area contributed by atoms with Crippen LogP contribution in [0.15, 0.2) is 36.4 Å². The molecule has 0 aliphatic heterocycles. The molecular weight excluding hydrogens is 469 g/mol. The van der Waals surface area contributed by atoms with E-state index in [2.05, 4.69) is 65.9 Å². The van der Waals surface area contributed by atoms with Crippen LogP contribution in [0.3, 0.4) is 0 Å². The number of hydrogen-bond donors (Lipinski definition) is 1. The normalized spacial score (nSPS) is 26.3. The van der Waals surface area contributed by atoms with Gasteiger partial charge < -0.3 is 10.5 Å². The molecule has 0 amide bonds. The quantitative estimate of drug-likeness (QED) is 0.463. The number of rotatable bonds is 6. The number of aryl methyl sites for hydroxylation is 2. The third-order valence-corrected chi connectivity index (χ3v) is 8.12. The van der Waals surface area contributed by atoms with E-state index in [1.165, 1.54) is 53.2 Å². The molecule has 1 saturated carbocycles. The van der Waals surface area contributed by atoms with Crippen LogP contribution in [0.2, 0.25) is 0 Å². The van der Waals surface area contributed by atoms with Gasteiger partial charge in [0.2, 0.25) is 0 Å². The Morgan fingerprint density at radius 1 is 1.14 bits per heavy atom. The fourth-order valence-corrected chi connectivity index (χ4v) is 5.97. The van der Waals surface area contributed by atoms with Gasteiger partial charge in [0.1, 0.15) is 5.75 Å². The molecule has 2 nitrogen and oxygen atoms in total. The molecular formula is C26H34INO. The lowest BCUT2D eigenvalue weighted by atomic mass is 9.79. The van der Waals surface area contributed by atoms with Gasteiger partial charge in [-0.3, -0.25) is 0 Å². The molecule has 2 aromatic carbocycles. The molecule has 1 fully saturated rings. The summed E-state index contributed by atoms with van der Waals surface area (Å²) in [6.45, 7) is 2.24. The van der Waals surface area contributed by atoms with Crippen molar-refractivity contribution in [1.29, 1.82) is 0 Å². The van der Waals surface area contributed by atoms with Crippen LogP contribution in [0.25, 0.3) is 0 Å². The van der Waals surface area contributed by atoms with Crippen LogP contribution in [-0.2, 0) is 19.3 Å². The molecule has 2 aliphatic carbocycles. The molecule has 0 heterocycles. The van der Waals surface area contributed by atoms with Crippen molar-refractivity contribution in [3.8, 4) is 5.75 Å². The predicted molar refractivity (Wildman–Crippen MR) is 130 cm³/mol. The molecule has 0 radical (unpaired) electrons. The van der Waals surface area contributed by atoms with E-state index < -0.39 is 0 Å². The Kier molecular flexibility index (Phi) is 6.55. The van der Waals surface area contributed by atoms with E-state index in [-0.39, 0.29) is 5.54 Å². The minimum absolute atomic E-state index is 0.0714. The summed E-state index contributed by atoms with van der Waals surface area (Å²) in [5.41, 5.74) is 12.7. The molecule has 4 rings (SSSR count). The van der Waals surface area contributed by atoms with Gasteiger partial charge in [-0.25, -0.2) is 0 Å². The highest BCUT2D eigenvalue weighted by molar-refractivity contribution is 14.1. The van der Waals surface area contributed by atoms with Crippen molar-refractivity contribution < 1.29 is 4.74 Å². The summed E-state index contributed by atoms with van der Waals surface area (Å²) < 4.78 is 6.86. The van der Waals surface area contributed by atoms with Crippen LogP contribution in [0.1, 0.15) is 73.6 Å². The van der Waals surface area contributed by atoms with Crippen LogP contribution >= 0.6 is 22.6 Å². The molecule has 2 aliphatic rings. The van der Waals surface area contributed by atoms with E-state index in [1.54, 1.807) is 18.2 Å². The average Bonchev–Trinajstić information content (AvgIpc) is 3.14. The highest BCUT2D eigenvalue weighted by Gasteiger charge is 2.35. The third kappa shape index (κ3) is 4.82. The number of fused-ring (bicyclic) bond motifs is 1. The molecule has 3 heteroatoms. The summed E-state index contributed by atoms with van der Waals surface area (Å²) in [5.74, 6) is 2.47.